The number of rotatable bonds is 34. The van der Waals surface area contributed by atoms with E-state index >= 15 is 0 Å². The molecule has 89 heavy (non-hydrogen) atoms. The average Bonchev–Trinajstić information content (AvgIpc) is 3.94. The number of benzene rings is 2. The van der Waals surface area contributed by atoms with Crippen LogP contribution in [0.15, 0.2) is 54.6 Å². The van der Waals surface area contributed by atoms with Gasteiger partial charge in [-0.05, 0) is 86.5 Å². The Bertz CT molecular complexity index is 2700. The monoisotopic (exact) mass is 1260 g/mol. The van der Waals surface area contributed by atoms with Gasteiger partial charge in [0, 0.05) is 59.9 Å². The Hall–Kier alpha value is -6.63. The minimum atomic E-state index is -1.06. The van der Waals surface area contributed by atoms with Crippen LogP contribution in [0.25, 0.3) is 0 Å². The molecular formula is C65H101N9O14S. The lowest BCUT2D eigenvalue weighted by molar-refractivity contribution is -0.148. The number of thiol groups is 1. The topological polar surface area (TPSA) is 292 Å². The molecule has 2 aliphatic rings. The zero-order chi connectivity index (χ0) is 66.6. The van der Waals surface area contributed by atoms with Crippen molar-refractivity contribution in [1.29, 1.82) is 0 Å². The number of imide groups is 1. The summed E-state index contributed by atoms with van der Waals surface area (Å²) >= 11 is 4.14. The summed E-state index contributed by atoms with van der Waals surface area (Å²) in [6.45, 7) is 20.2. The number of aliphatic hydroxyl groups excluding tert-OH is 1. The fourth-order valence-corrected chi connectivity index (χ4v) is 12.0. The third-order valence-electron chi connectivity index (χ3n) is 17.2. The van der Waals surface area contributed by atoms with Gasteiger partial charge in [-0.25, -0.2) is 4.79 Å². The number of methoxy groups -OCH3 is 2. The quantitative estimate of drug-likeness (QED) is 0.0249. The first-order valence-electron chi connectivity index (χ1n) is 31.4. The second-order valence-corrected chi connectivity index (χ2v) is 25.6. The molecule has 2 aromatic rings. The van der Waals surface area contributed by atoms with E-state index in [4.69, 9.17) is 14.2 Å². The number of anilines is 1. The van der Waals surface area contributed by atoms with Crippen molar-refractivity contribution >= 4 is 77.6 Å². The highest BCUT2D eigenvalue weighted by atomic mass is 32.1. The summed E-state index contributed by atoms with van der Waals surface area (Å²) in [6.07, 6.45) is 0.515. The molecule has 0 aromatic heterocycles. The molecule has 496 valence electrons. The van der Waals surface area contributed by atoms with Gasteiger partial charge in [0.05, 0.1) is 54.0 Å². The Morgan fingerprint density at radius 1 is 0.730 bits per heavy atom. The Morgan fingerprint density at radius 3 is 1.93 bits per heavy atom. The molecule has 10 amide bonds. The lowest BCUT2D eigenvalue weighted by Crippen LogP contribution is -2.60. The number of nitrogens with one attached hydrogen (secondary N) is 5. The van der Waals surface area contributed by atoms with Crippen molar-refractivity contribution in [2.24, 2.45) is 29.6 Å². The summed E-state index contributed by atoms with van der Waals surface area (Å²) in [7, 11) is 6.11. The SMILES string of the molecule is CC[C@H](C)[C@@H]([C@@H](CC(=O)N1CCC[C@H]1[C@H](OC)[C@@H](C)C(=O)N[C@H](C)[C@@H](O)c1ccccc1)OC)N(C)C(=O)[C@@H](NC(=O)[C@H](C(C)C)N(C)C(=O)OCc1ccc(NC(=O)[C@H](C)NC(=O)[C@@H](NC(=O)CCCCCN2C(=O)CC(S)C2=O)C(C)C)cc1)C(C)C. The summed E-state index contributed by atoms with van der Waals surface area (Å²) in [5, 5.41) is 24.4. The molecule has 0 spiro atoms. The van der Waals surface area contributed by atoms with Crippen molar-refractivity contribution in [3.05, 3.63) is 65.7 Å². The van der Waals surface area contributed by atoms with Crippen LogP contribution in [0.1, 0.15) is 151 Å². The van der Waals surface area contributed by atoms with Crippen LogP contribution in [0, 0.1) is 29.6 Å². The van der Waals surface area contributed by atoms with E-state index in [0.29, 0.717) is 61.9 Å². The molecule has 0 aliphatic carbocycles. The van der Waals surface area contributed by atoms with Gasteiger partial charge in [0.2, 0.25) is 53.2 Å². The van der Waals surface area contributed by atoms with Crippen LogP contribution >= 0.6 is 12.6 Å². The number of unbranched alkanes of at least 4 members (excludes halogenated alkanes) is 2. The second-order valence-electron chi connectivity index (χ2n) is 24.9. The first-order valence-corrected chi connectivity index (χ1v) is 31.9. The smallest absolute Gasteiger partial charge is 0.410 e. The maximum absolute atomic E-state index is 14.8. The second kappa shape index (κ2) is 35.7. The maximum Gasteiger partial charge on any atom is 0.410 e. The van der Waals surface area contributed by atoms with Gasteiger partial charge in [-0.1, -0.05) is 118 Å². The van der Waals surface area contributed by atoms with Crippen LogP contribution in [0.3, 0.4) is 0 Å². The molecule has 23 nitrogen and oxygen atoms in total. The highest BCUT2D eigenvalue weighted by Gasteiger charge is 2.44. The summed E-state index contributed by atoms with van der Waals surface area (Å²) in [5.41, 5.74) is 1.63. The lowest BCUT2D eigenvalue weighted by Gasteiger charge is -2.41. The van der Waals surface area contributed by atoms with Gasteiger partial charge in [-0.2, -0.15) is 12.6 Å². The Balaban J connectivity index is 1.32. The van der Waals surface area contributed by atoms with E-state index in [1.807, 2.05) is 45.9 Å². The molecule has 0 saturated carbocycles. The molecule has 0 bridgehead atoms. The van der Waals surface area contributed by atoms with Crippen LogP contribution in [0.4, 0.5) is 10.5 Å². The molecule has 2 aliphatic heterocycles. The van der Waals surface area contributed by atoms with Crippen molar-refractivity contribution in [3.8, 4) is 0 Å². The molecular weight excluding hydrogens is 1160 g/mol. The number of likely N-dealkylation sites (N-methyl/N-ethyl adjacent to an activating group) is 2. The largest absolute Gasteiger partial charge is 0.445 e. The third-order valence-corrected chi connectivity index (χ3v) is 17.6. The van der Waals surface area contributed by atoms with E-state index in [0.717, 1.165) is 0 Å². The molecule has 2 heterocycles. The van der Waals surface area contributed by atoms with Crippen LogP contribution < -0.4 is 26.6 Å². The average molecular weight is 1260 g/mol. The number of nitrogens with zero attached hydrogens (tertiary/aromatic N) is 4. The number of hydrogen-bond acceptors (Lipinski definition) is 15. The predicted octanol–water partition coefficient (Wildman–Crippen LogP) is 5.78. The van der Waals surface area contributed by atoms with E-state index in [9.17, 15) is 53.1 Å². The Labute approximate surface area is 532 Å². The fourth-order valence-electron chi connectivity index (χ4n) is 11.7. The van der Waals surface area contributed by atoms with Gasteiger partial charge in [-0.15, -0.1) is 0 Å². The van der Waals surface area contributed by atoms with Crippen LogP contribution in [-0.2, 0) is 64.0 Å². The number of carbonyl (C=O) groups excluding carboxylic acids is 10. The van der Waals surface area contributed by atoms with Crippen molar-refractivity contribution in [2.75, 3.05) is 46.7 Å². The number of amides is 10. The Morgan fingerprint density at radius 2 is 1.37 bits per heavy atom. The van der Waals surface area contributed by atoms with Crippen molar-refractivity contribution in [2.45, 2.75) is 206 Å². The minimum Gasteiger partial charge on any atom is -0.445 e. The third kappa shape index (κ3) is 21.0. The minimum absolute atomic E-state index is 0.0801. The molecule has 13 atom stereocenters. The van der Waals surface area contributed by atoms with Crippen molar-refractivity contribution in [1.82, 2.24) is 40.9 Å². The predicted molar refractivity (Wildman–Crippen MR) is 340 cm³/mol. The van der Waals surface area contributed by atoms with Gasteiger partial charge < -0.3 is 55.7 Å². The van der Waals surface area contributed by atoms with E-state index < -0.39 is 113 Å². The van der Waals surface area contributed by atoms with Crippen LogP contribution in [-0.4, -0.2) is 185 Å². The zero-order valence-corrected chi connectivity index (χ0v) is 55.8. The summed E-state index contributed by atoms with van der Waals surface area (Å²) < 4.78 is 17.7. The number of aliphatic hydroxyl groups is 1. The van der Waals surface area contributed by atoms with Gasteiger partial charge >= 0.3 is 6.09 Å². The molecule has 6 N–H and O–H groups in total. The number of hydrogen-bond donors (Lipinski definition) is 7. The summed E-state index contributed by atoms with van der Waals surface area (Å²) in [6, 6.07) is 9.93. The van der Waals surface area contributed by atoms with Crippen LogP contribution in [0.2, 0.25) is 0 Å². The number of ether oxygens (including phenoxy) is 3. The Kier molecular flexibility index (Phi) is 30.0. The van der Waals surface area contributed by atoms with Gasteiger partial charge in [0.25, 0.3) is 0 Å². The van der Waals surface area contributed by atoms with E-state index in [2.05, 4.69) is 39.2 Å². The fraction of sp³-hybridized carbons (Fsp3) is 0.662. The molecule has 2 fully saturated rings. The van der Waals surface area contributed by atoms with E-state index in [1.165, 1.54) is 38.0 Å². The summed E-state index contributed by atoms with van der Waals surface area (Å²) in [5.74, 6) is -5.45. The van der Waals surface area contributed by atoms with Gasteiger partial charge in [0.15, 0.2) is 0 Å². The highest BCUT2D eigenvalue weighted by Crippen LogP contribution is 2.31. The first kappa shape index (κ1) is 74.8. The molecule has 4 rings (SSSR count). The van der Waals surface area contributed by atoms with Crippen molar-refractivity contribution < 1.29 is 67.3 Å². The molecule has 2 saturated heterocycles. The standard InChI is InChI=1S/C65H101N9O14S/c1-16-40(8)56(48(86-14)34-51(76)73-33-23-26-47(73)58(87-15)41(9)59(79)66-42(10)57(78)45-24-19-17-20-25-45)71(12)64(84)54(38(4)5)70-62(82)55(39(6)7)72(13)65(85)88-36-44-28-30-46(31-29-44)68-60(80)43(11)67-61(81)53(37(2)3)69-50(75)27-21-18-22-32-74-52(77)35-49(89)63(74)83/h17,19-20,24-25,28-31,37-43,47-49,53-58,78,89H,16,18,21-23,26-27,32-36H2,1-15H3,(H,66,79)(H,67,81)(H,68,80)(H,69,75)(H,70,82)/t40-,41+,42+,43-,47-,48+,49?,53-,54-,55-,56-,57+,58+/m0/s1. The zero-order valence-electron chi connectivity index (χ0n) is 54.9. The van der Waals surface area contributed by atoms with E-state index in [1.54, 1.807) is 94.8 Å². The van der Waals surface area contributed by atoms with Gasteiger partial charge in [0.1, 0.15) is 30.8 Å². The number of carbonyl (C=O) groups is 10. The van der Waals surface area contributed by atoms with Gasteiger partial charge in [-0.3, -0.25) is 53.0 Å². The lowest BCUT2D eigenvalue weighted by atomic mass is 9.89. The van der Waals surface area contributed by atoms with E-state index in [-0.39, 0.29) is 73.8 Å². The highest BCUT2D eigenvalue weighted by molar-refractivity contribution is 7.81. The molecule has 24 heteroatoms. The first-order chi connectivity index (χ1) is 42.0. The molecule has 0 radical (unpaired) electrons. The molecule has 1 unspecified atom stereocenters. The maximum atomic E-state index is 14.8. The van der Waals surface area contributed by atoms with Crippen LogP contribution in [0.5, 0.6) is 0 Å². The summed E-state index contributed by atoms with van der Waals surface area (Å²) in [4.78, 5) is 140. The van der Waals surface area contributed by atoms with Crippen molar-refractivity contribution in [3.63, 3.8) is 0 Å². The molecule has 2 aromatic carbocycles. The normalized spacial score (nSPS) is 18.8. The number of likely N-dealkylation sites (tertiary alicyclic amines) is 2.